The number of nitrogens with zero attached hydrogens (tertiary/aromatic N) is 3. The second-order valence-corrected chi connectivity index (χ2v) is 8.98. The lowest BCUT2D eigenvalue weighted by Crippen LogP contribution is -2.52. The predicted octanol–water partition coefficient (Wildman–Crippen LogP) is 5.16. The molecule has 2 aromatic rings. The Labute approximate surface area is 168 Å². The topological polar surface area (TPSA) is 56.6 Å². The molecule has 1 heterocycles. The molecular formula is C20H28BrN3O3. The highest BCUT2D eigenvalue weighted by Gasteiger charge is 2.36. The maximum atomic E-state index is 12.3. The molecule has 1 fully saturated rings. The van der Waals surface area contributed by atoms with Crippen LogP contribution in [0.5, 0.6) is 5.75 Å². The lowest BCUT2D eigenvalue weighted by molar-refractivity contribution is 0.0396. The standard InChI is InChI=1S/C20H28BrN3O3/c1-20(2,3)24(19(25)27-5)15-8-6-14(7-9-15)23-12-13-10-16(21)18(26-4)11-17(13)22-23/h10-12,14-15H,6-9H2,1-5H3. The van der Waals surface area contributed by atoms with Gasteiger partial charge < -0.3 is 14.4 Å². The highest BCUT2D eigenvalue weighted by atomic mass is 79.9. The fourth-order valence-corrected chi connectivity index (χ4v) is 4.56. The molecule has 1 aliphatic carbocycles. The number of carbonyl (C=O) groups is 1. The van der Waals surface area contributed by atoms with Gasteiger partial charge in [-0.1, -0.05) is 0 Å². The van der Waals surface area contributed by atoms with Crippen LogP contribution in [0.25, 0.3) is 10.9 Å². The molecule has 0 radical (unpaired) electrons. The number of benzene rings is 1. The number of ether oxygens (including phenoxy) is 2. The zero-order chi connectivity index (χ0) is 19.8. The average Bonchev–Trinajstić information content (AvgIpc) is 3.03. The number of rotatable bonds is 3. The third-order valence-electron chi connectivity index (χ3n) is 5.30. The first-order valence-corrected chi connectivity index (χ1v) is 10.1. The van der Waals surface area contributed by atoms with Gasteiger partial charge in [0.2, 0.25) is 0 Å². The summed E-state index contributed by atoms with van der Waals surface area (Å²) < 4.78 is 13.4. The van der Waals surface area contributed by atoms with Crippen LogP contribution < -0.4 is 4.74 Å². The third-order valence-corrected chi connectivity index (χ3v) is 5.91. The molecule has 0 N–H and O–H groups in total. The Hall–Kier alpha value is -1.76. The van der Waals surface area contributed by atoms with E-state index in [0.717, 1.165) is 46.8 Å². The summed E-state index contributed by atoms with van der Waals surface area (Å²) >= 11 is 3.53. The first kappa shape index (κ1) is 20.0. The number of amides is 1. The summed E-state index contributed by atoms with van der Waals surface area (Å²) in [6.45, 7) is 6.17. The van der Waals surface area contributed by atoms with Gasteiger partial charge in [0.25, 0.3) is 0 Å². The summed E-state index contributed by atoms with van der Waals surface area (Å²) in [6.07, 6.45) is 5.72. The van der Waals surface area contributed by atoms with Gasteiger partial charge in [-0.3, -0.25) is 4.68 Å². The summed E-state index contributed by atoms with van der Waals surface area (Å²) in [6, 6.07) is 4.55. The van der Waals surface area contributed by atoms with Crippen molar-refractivity contribution in [2.75, 3.05) is 14.2 Å². The number of aromatic nitrogens is 2. The van der Waals surface area contributed by atoms with Crippen molar-refractivity contribution in [1.29, 1.82) is 0 Å². The molecule has 7 heteroatoms. The summed E-state index contributed by atoms with van der Waals surface area (Å²) in [5.74, 6) is 0.787. The molecule has 27 heavy (non-hydrogen) atoms. The molecule has 0 saturated heterocycles. The van der Waals surface area contributed by atoms with Crippen LogP contribution in [0.4, 0.5) is 4.79 Å². The Bertz CT molecular complexity index is 820. The SMILES string of the molecule is COC(=O)N(C1CCC(n2cc3cc(Br)c(OC)cc3n2)CC1)C(C)(C)C. The second-order valence-electron chi connectivity index (χ2n) is 8.13. The maximum absolute atomic E-state index is 12.3. The molecule has 0 aliphatic heterocycles. The molecule has 0 unspecified atom stereocenters. The number of hydrogen-bond acceptors (Lipinski definition) is 4. The van der Waals surface area contributed by atoms with Crippen molar-refractivity contribution in [3.8, 4) is 5.75 Å². The van der Waals surface area contributed by atoms with E-state index >= 15 is 0 Å². The third kappa shape index (κ3) is 4.08. The zero-order valence-corrected chi connectivity index (χ0v) is 18.2. The first-order valence-electron chi connectivity index (χ1n) is 9.34. The minimum absolute atomic E-state index is 0.202. The van der Waals surface area contributed by atoms with E-state index in [-0.39, 0.29) is 17.7 Å². The van der Waals surface area contributed by atoms with Gasteiger partial charge >= 0.3 is 6.09 Å². The van der Waals surface area contributed by atoms with Gasteiger partial charge in [-0.05, 0) is 68.5 Å². The lowest BCUT2D eigenvalue weighted by Gasteiger charge is -2.43. The number of hydrogen-bond donors (Lipinski definition) is 0. The quantitative estimate of drug-likeness (QED) is 0.665. The summed E-state index contributed by atoms with van der Waals surface area (Å²) in [5, 5.41) is 5.86. The summed E-state index contributed by atoms with van der Waals surface area (Å²) in [5.41, 5.74) is 0.677. The normalized spacial score (nSPS) is 20.5. The van der Waals surface area contributed by atoms with E-state index in [9.17, 15) is 4.79 Å². The Kier molecular flexibility index (Phi) is 5.70. The van der Waals surface area contributed by atoms with Crippen LogP contribution in [0.3, 0.4) is 0 Å². The highest BCUT2D eigenvalue weighted by Crippen LogP contribution is 2.36. The van der Waals surface area contributed by atoms with Crippen molar-refractivity contribution in [3.63, 3.8) is 0 Å². The number of fused-ring (bicyclic) bond motifs is 1. The Morgan fingerprint density at radius 2 is 1.89 bits per heavy atom. The lowest BCUT2D eigenvalue weighted by atomic mass is 9.88. The Balaban J connectivity index is 1.75. The minimum Gasteiger partial charge on any atom is -0.495 e. The van der Waals surface area contributed by atoms with Crippen LogP contribution in [0.1, 0.15) is 52.5 Å². The van der Waals surface area contributed by atoms with E-state index < -0.39 is 0 Å². The molecule has 0 atom stereocenters. The van der Waals surface area contributed by atoms with Gasteiger partial charge in [-0.2, -0.15) is 5.10 Å². The predicted molar refractivity (Wildman–Crippen MR) is 109 cm³/mol. The van der Waals surface area contributed by atoms with Gasteiger partial charge in [-0.25, -0.2) is 4.79 Å². The van der Waals surface area contributed by atoms with E-state index in [0.29, 0.717) is 6.04 Å². The summed E-state index contributed by atoms with van der Waals surface area (Å²) in [7, 11) is 3.11. The Morgan fingerprint density at radius 1 is 1.22 bits per heavy atom. The van der Waals surface area contributed by atoms with Gasteiger partial charge in [0.1, 0.15) is 5.75 Å². The largest absolute Gasteiger partial charge is 0.495 e. The van der Waals surface area contributed by atoms with E-state index in [1.807, 2.05) is 17.0 Å². The number of methoxy groups -OCH3 is 2. The van der Waals surface area contributed by atoms with E-state index in [1.54, 1.807) is 7.11 Å². The molecule has 1 aromatic carbocycles. The molecule has 6 nitrogen and oxygen atoms in total. The highest BCUT2D eigenvalue weighted by molar-refractivity contribution is 9.10. The molecule has 3 rings (SSSR count). The molecular weight excluding hydrogens is 410 g/mol. The van der Waals surface area contributed by atoms with Crippen LogP contribution in [0, 0.1) is 0 Å². The van der Waals surface area contributed by atoms with Gasteiger partial charge in [-0.15, -0.1) is 0 Å². The van der Waals surface area contributed by atoms with Crippen molar-refractivity contribution in [3.05, 3.63) is 22.8 Å². The van der Waals surface area contributed by atoms with Crippen LogP contribution in [0.15, 0.2) is 22.8 Å². The fraction of sp³-hybridized carbons (Fsp3) is 0.600. The summed E-state index contributed by atoms with van der Waals surface area (Å²) in [4.78, 5) is 14.2. The van der Waals surface area contributed by atoms with Crippen molar-refractivity contribution in [2.45, 2.75) is 64.1 Å². The molecule has 1 aliphatic rings. The van der Waals surface area contributed by atoms with E-state index in [1.165, 1.54) is 7.11 Å². The van der Waals surface area contributed by atoms with Gasteiger partial charge in [0.15, 0.2) is 0 Å². The van der Waals surface area contributed by atoms with Crippen molar-refractivity contribution >= 4 is 32.9 Å². The molecule has 0 spiro atoms. The van der Waals surface area contributed by atoms with Crippen LogP contribution in [-0.4, -0.2) is 46.6 Å². The maximum Gasteiger partial charge on any atom is 0.410 e. The van der Waals surface area contributed by atoms with E-state index in [2.05, 4.69) is 47.6 Å². The van der Waals surface area contributed by atoms with Gasteiger partial charge in [0.05, 0.1) is 30.3 Å². The molecule has 148 valence electrons. The van der Waals surface area contributed by atoms with Crippen LogP contribution in [-0.2, 0) is 4.74 Å². The monoisotopic (exact) mass is 437 g/mol. The smallest absolute Gasteiger partial charge is 0.410 e. The van der Waals surface area contributed by atoms with Crippen LogP contribution >= 0.6 is 15.9 Å². The van der Waals surface area contributed by atoms with Gasteiger partial charge in [0, 0.05) is 29.2 Å². The van der Waals surface area contributed by atoms with Crippen LogP contribution in [0.2, 0.25) is 0 Å². The Morgan fingerprint density at radius 3 is 2.44 bits per heavy atom. The molecule has 0 bridgehead atoms. The van der Waals surface area contributed by atoms with E-state index in [4.69, 9.17) is 14.6 Å². The zero-order valence-electron chi connectivity index (χ0n) is 16.7. The first-order chi connectivity index (χ1) is 12.7. The molecule has 1 saturated carbocycles. The molecule has 1 aromatic heterocycles. The fourth-order valence-electron chi connectivity index (χ4n) is 4.04. The van der Waals surface area contributed by atoms with Crippen molar-refractivity contribution in [1.82, 2.24) is 14.7 Å². The van der Waals surface area contributed by atoms with Crippen molar-refractivity contribution in [2.24, 2.45) is 0 Å². The average molecular weight is 438 g/mol. The second kappa shape index (κ2) is 7.70. The number of carbonyl (C=O) groups excluding carboxylic acids is 1. The number of halogens is 1. The minimum atomic E-state index is -0.256. The molecule has 1 amide bonds. The van der Waals surface area contributed by atoms with Crippen molar-refractivity contribution < 1.29 is 14.3 Å².